The van der Waals surface area contributed by atoms with E-state index in [2.05, 4.69) is 4.98 Å². The van der Waals surface area contributed by atoms with Crippen LogP contribution in [0, 0.1) is 0 Å². The van der Waals surface area contributed by atoms with Gasteiger partial charge in [0.1, 0.15) is 5.41 Å². The van der Waals surface area contributed by atoms with Gasteiger partial charge in [0.05, 0.1) is 0 Å². The third-order valence-electron chi connectivity index (χ3n) is 4.00. The van der Waals surface area contributed by atoms with Crippen molar-refractivity contribution in [3.8, 4) is 0 Å². The second kappa shape index (κ2) is 5.09. The fourth-order valence-corrected chi connectivity index (χ4v) is 2.66. The Labute approximate surface area is 123 Å². The van der Waals surface area contributed by atoms with Crippen molar-refractivity contribution < 1.29 is 9.90 Å². The van der Waals surface area contributed by atoms with Crippen molar-refractivity contribution in [2.75, 3.05) is 0 Å². The molecule has 1 aromatic heterocycles. The van der Waals surface area contributed by atoms with Crippen molar-refractivity contribution in [2.45, 2.75) is 18.8 Å². The predicted octanol–water partition coefficient (Wildman–Crippen LogP) is 3.75. The molecule has 0 spiro atoms. The van der Waals surface area contributed by atoms with Gasteiger partial charge >= 0.3 is 5.97 Å². The van der Waals surface area contributed by atoms with E-state index in [1.54, 1.807) is 6.92 Å². The fourth-order valence-electron chi connectivity index (χ4n) is 2.66. The van der Waals surface area contributed by atoms with Crippen LogP contribution in [0.15, 0.2) is 60.7 Å². The van der Waals surface area contributed by atoms with Crippen LogP contribution in [0.2, 0.25) is 0 Å². The molecule has 2 aromatic carbocycles. The molecule has 0 amide bonds. The molecule has 21 heavy (non-hydrogen) atoms. The minimum Gasteiger partial charge on any atom is -0.481 e. The molecule has 0 saturated carbocycles. The first kappa shape index (κ1) is 13.4. The maximum Gasteiger partial charge on any atom is 0.315 e. The predicted molar refractivity (Wildman–Crippen MR) is 83.4 cm³/mol. The lowest BCUT2D eigenvalue weighted by molar-refractivity contribution is -0.143. The quantitative estimate of drug-likeness (QED) is 0.764. The third kappa shape index (κ3) is 2.42. The lowest BCUT2D eigenvalue weighted by atomic mass is 9.80. The third-order valence-corrected chi connectivity index (χ3v) is 4.00. The number of hydrogen-bond donors (Lipinski definition) is 2. The first-order valence-corrected chi connectivity index (χ1v) is 6.95. The highest BCUT2D eigenvalue weighted by molar-refractivity contribution is 5.86. The summed E-state index contributed by atoms with van der Waals surface area (Å²) in [4.78, 5) is 15.1. The Bertz CT molecular complexity index is 743. The van der Waals surface area contributed by atoms with Gasteiger partial charge < -0.3 is 10.1 Å². The van der Waals surface area contributed by atoms with Gasteiger partial charge in [0.25, 0.3) is 0 Å². The molecule has 0 aliphatic heterocycles. The first-order valence-electron chi connectivity index (χ1n) is 6.95. The Morgan fingerprint density at radius 1 is 1.10 bits per heavy atom. The number of rotatable bonds is 4. The molecule has 0 fully saturated rings. The van der Waals surface area contributed by atoms with Crippen molar-refractivity contribution in [3.63, 3.8) is 0 Å². The van der Waals surface area contributed by atoms with E-state index < -0.39 is 11.4 Å². The minimum absolute atomic E-state index is 0.454. The molecule has 0 aliphatic rings. The van der Waals surface area contributed by atoms with E-state index in [1.165, 1.54) is 0 Å². The number of H-pyrrole nitrogens is 1. The van der Waals surface area contributed by atoms with Crippen LogP contribution >= 0.6 is 0 Å². The smallest absolute Gasteiger partial charge is 0.315 e. The average Bonchev–Trinajstić information content (AvgIpc) is 2.92. The number of carboxylic acids is 1. The number of carboxylic acid groups (broad SMARTS) is 1. The number of carbonyl (C=O) groups is 1. The minimum atomic E-state index is -0.972. The van der Waals surface area contributed by atoms with E-state index in [-0.39, 0.29) is 0 Å². The Morgan fingerprint density at radius 2 is 1.76 bits per heavy atom. The zero-order valence-corrected chi connectivity index (χ0v) is 11.8. The van der Waals surface area contributed by atoms with Gasteiger partial charge in [-0.3, -0.25) is 4.79 Å². The Hall–Kier alpha value is -2.55. The van der Waals surface area contributed by atoms with E-state index in [0.29, 0.717) is 6.42 Å². The highest BCUT2D eigenvalue weighted by Gasteiger charge is 2.36. The number of aromatic amines is 1. The van der Waals surface area contributed by atoms with Crippen LogP contribution in [0.5, 0.6) is 0 Å². The molecule has 1 heterocycles. The number of benzene rings is 2. The van der Waals surface area contributed by atoms with E-state index in [1.807, 2.05) is 60.7 Å². The van der Waals surface area contributed by atoms with Crippen LogP contribution in [-0.2, 0) is 16.6 Å². The average molecular weight is 279 g/mol. The Kier molecular flexibility index (Phi) is 3.26. The van der Waals surface area contributed by atoms with E-state index in [4.69, 9.17) is 0 Å². The summed E-state index contributed by atoms with van der Waals surface area (Å²) in [5, 5.41) is 10.8. The summed E-state index contributed by atoms with van der Waals surface area (Å²) in [6.07, 6.45) is 0.454. The summed E-state index contributed by atoms with van der Waals surface area (Å²) < 4.78 is 0. The Morgan fingerprint density at radius 3 is 2.43 bits per heavy atom. The topological polar surface area (TPSA) is 53.1 Å². The van der Waals surface area contributed by atoms with Crippen LogP contribution in [0.4, 0.5) is 0 Å². The van der Waals surface area contributed by atoms with Gasteiger partial charge in [-0.1, -0.05) is 48.5 Å². The van der Waals surface area contributed by atoms with Gasteiger partial charge in [-0.15, -0.1) is 0 Å². The van der Waals surface area contributed by atoms with Crippen LogP contribution in [-0.4, -0.2) is 16.1 Å². The monoisotopic (exact) mass is 279 g/mol. The molecule has 1 unspecified atom stereocenters. The summed E-state index contributed by atoms with van der Waals surface area (Å²) in [6.45, 7) is 1.77. The van der Waals surface area contributed by atoms with Crippen molar-refractivity contribution in [1.82, 2.24) is 4.98 Å². The normalized spacial score (nSPS) is 14.0. The number of nitrogens with one attached hydrogen (secondary N) is 1. The Balaban J connectivity index is 2.06. The lowest BCUT2D eigenvalue weighted by Gasteiger charge is -2.23. The fraction of sp³-hybridized carbons (Fsp3) is 0.167. The molecule has 0 saturated heterocycles. The molecule has 2 N–H and O–H groups in total. The van der Waals surface area contributed by atoms with Crippen molar-refractivity contribution in [3.05, 3.63) is 71.9 Å². The van der Waals surface area contributed by atoms with Gasteiger partial charge in [0.2, 0.25) is 0 Å². The van der Waals surface area contributed by atoms with Crippen LogP contribution in [0.25, 0.3) is 10.9 Å². The van der Waals surface area contributed by atoms with Crippen molar-refractivity contribution in [2.24, 2.45) is 0 Å². The lowest BCUT2D eigenvalue weighted by Crippen LogP contribution is -2.35. The van der Waals surface area contributed by atoms with Gasteiger partial charge in [-0.2, -0.15) is 0 Å². The van der Waals surface area contributed by atoms with Gasteiger partial charge in [-0.25, -0.2) is 0 Å². The summed E-state index contributed by atoms with van der Waals surface area (Å²) >= 11 is 0. The van der Waals surface area contributed by atoms with Crippen LogP contribution in [0.3, 0.4) is 0 Å². The number of aromatic nitrogens is 1. The first-order chi connectivity index (χ1) is 10.1. The molecule has 0 aliphatic carbocycles. The maximum atomic E-state index is 11.9. The zero-order chi connectivity index (χ0) is 14.9. The molecular formula is C18H17NO2. The summed E-state index contributed by atoms with van der Waals surface area (Å²) in [7, 11) is 0. The molecular weight excluding hydrogens is 262 g/mol. The molecule has 3 rings (SSSR count). The molecule has 3 nitrogen and oxygen atoms in total. The summed E-state index contributed by atoms with van der Waals surface area (Å²) in [5.41, 5.74) is 1.74. The van der Waals surface area contributed by atoms with Crippen molar-refractivity contribution >= 4 is 16.9 Å². The molecule has 1 atom stereocenters. The van der Waals surface area contributed by atoms with Crippen molar-refractivity contribution in [1.29, 1.82) is 0 Å². The highest BCUT2D eigenvalue weighted by Crippen LogP contribution is 2.30. The van der Waals surface area contributed by atoms with E-state index >= 15 is 0 Å². The SMILES string of the molecule is CC(Cc1ccccc1)(C(=O)O)c1cc2ccccc2[nH]1. The standard InChI is InChI=1S/C18H17NO2/c1-18(17(20)21,12-13-7-3-2-4-8-13)16-11-14-9-5-6-10-15(14)19-16/h2-11,19H,12H2,1H3,(H,20,21). The van der Waals surface area contributed by atoms with Gasteiger partial charge in [-0.05, 0) is 36.4 Å². The number of fused-ring (bicyclic) bond motifs is 1. The number of para-hydroxylation sites is 1. The maximum absolute atomic E-state index is 11.9. The largest absolute Gasteiger partial charge is 0.481 e. The highest BCUT2D eigenvalue weighted by atomic mass is 16.4. The number of hydrogen-bond acceptors (Lipinski definition) is 1. The van der Waals surface area contributed by atoms with E-state index in [9.17, 15) is 9.90 Å². The summed E-state index contributed by atoms with van der Waals surface area (Å²) in [6, 6.07) is 19.5. The second-order valence-corrected chi connectivity index (χ2v) is 5.57. The van der Waals surface area contributed by atoms with E-state index in [0.717, 1.165) is 22.2 Å². The summed E-state index contributed by atoms with van der Waals surface area (Å²) in [5.74, 6) is -0.821. The van der Waals surface area contributed by atoms with Gasteiger partial charge in [0, 0.05) is 11.2 Å². The molecule has 106 valence electrons. The zero-order valence-electron chi connectivity index (χ0n) is 11.8. The molecule has 0 radical (unpaired) electrons. The number of aliphatic carboxylic acids is 1. The van der Waals surface area contributed by atoms with Crippen LogP contribution in [0.1, 0.15) is 18.2 Å². The molecule has 0 bridgehead atoms. The molecule has 3 aromatic rings. The van der Waals surface area contributed by atoms with Crippen LogP contribution < -0.4 is 0 Å². The second-order valence-electron chi connectivity index (χ2n) is 5.57. The molecule has 3 heteroatoms. The van der Waals surface area contributed by atoms with Gasteiger partial charge in [0.15, 0.2) is 0 Å².